The van der Waals surface area contributed by atoms with Crippen LogP contribution in [0.15, 0.2) is 71.6 Å². The lowest BCUT2D eigenvalue weighted by molar-refractivity contribution is -0.384. The van der Waals surface area contributed by atoms with E-state index in [1.165, 1.54) is 36.5 Å². The molecule has 2 amide bonds. The molecule has 5 N–H and O–H groups in total. The normalized spacial score (nSPS) is 15.6. The molecule has 36 heavy (non-hydrogen) atoms. The molecule has 0 radical (unpaired) electrons. The molecule has 1 aliphatic heterocycles. The second kappa shape index (κ2) is 9.82. The summed E-state index contributed by atoms with van der Waals surface area (Å²) < 4.78 is 0. The average molecular weight is 488 g/mol. The highest BCUT2D eigenvalue weighted by molar-refractivity contribution is 6.15. The SMILES string of the molecule is CC(O)c1ccc(C(O)/C(=C2/Nc3ccc([N+](=O)[O-])cc3NC2=O)c2cc(C(=O)N=N)ccn2)cc1. The third-order valence-electron chi connectivity index (χ3n) is 5.61. The quantitative estimate of drug-likeness (QED) is 0.150. The van der Waals surface area contributed by atoms with Gasteiger partial charge in [0.25, 0.3) is 17.5 Å². The number of rotatable bonds is 6. The van der Waals surface area contributed by atoms with Crippen molar-refractivity contribution in [3.8, 4) is 0 Å². The van der Waals surface area contributed by atoms with Crippen molar-refractivity contribution in [1.29, 1.82) is 5.53 Å². The molecular weight excluding hydrogens is 468 g/mol. The van der Waals surface area contributed by atoms with Gasteiger partial charge in [-0.05, 0) is 36.2 Å². The topological polar surface area (TPSA) is 191 Å². The molecule has 0 saturated carbocycles. The van der Waals surface area contributed by atoms with E-state index in [0.717, 1.165) is 0 Å². The lowest BCUT2D eigenvalue weighted by atomic mass is 9.93. The number of pyridine rings is 1. The maximum Gasteiger partial charge on any atom is 0.294 e. The summed E-state index contributed by atoms with van der Waals surface area (Å²) in [5.41, 5.74) is 8.32. The van der Waals surface area contributed by atoms with Crippen LogP contribution in [0.1, 0.15) is 46.3 Å². The van der Waals surface area contributed by atoms with Crippen molar-refractivity contribution < 1.29 is 24.7 Å². The molecule has 182 valence electrons. The molecule has 1 aliphatic rings. The smallest absolute Gasteiger partial charge is 0.294 e. The maximum atomic E-state index is 13.1. The van der Waals surface area contributed by atoms with Crippen LogP contribution in [-0.2, 0) is 4.79 Å². The summed E-state index contributed by atoms with van der Waals surface area (Å²) in [6.07, 6.45) is -0.847. The first kappa shape index (κ1) is 24.3. The third-order valence-corrected chi connectivity index (χ3v) is 5.61. The molecule has 0 saturated heterocycles. The molecule has 2 aromatic carbocycles. The zero-order valence-electron chi connectivity index (χ0n) is 18.8. The number of amides is 2. The number of carbonyl (C=O) groups is 2. The highest BCUT2D eigenvalue weighted by Gasteiger charge is 2.30. The summed E-state index contributed by atoms with van der Waals surface area (Å²) in [6.45, 7) is 1.60. The van der Waals surface area contributed by atoms with E-state index in [1.807, 2.05) is 0 Å². The Balaban J connectivity index is 1.87. The Morgan fingerprint density at radius 3 is 2.39 bits per heavy atom. The molecule has 12 heteroatoms. The highest BCUT2D eigenvalue weighted by atomic mass is 16.6. The standard InChI is InChI=1S/C24H20N6O6/c1-12(31)13-2-4-14(5-3-13)22(32)20(19-10-15(8-9-26-19)23(33)29-25)21-24(34)28-18-11-16(30(35)36)6-7-17(18)27-21/h2-12,22,25,27,31-32H,1H3,(H,28,34)/b21-20+,29-25?. The fourth-order valence-electron chi connectivity index (χ4n) is 3.73. The Morgan fingerprint density at radius 1 is 1.06 bits per heavy atom. The fraction of sp³-hybridized carbons (Fsp3) is 0.125. The number of anilines is 2. The Kier molecular flexibility index (Phi) is 6.63. The van der Waals surface area contributed by atoms with Crippen LogP contribution in [0.25, 0.3) is 5.57 Å². The van der Waals surface area contributed by atoms with Crippen LogP contribution in [0.3, 0.4) is 0 Å². The van der Waals surface area contributed by atoms with Crippen molar-refractivity contribution in [3.05, 3.63) is 99.0 Å². The van der Waals surface area contributed by atoms with E-state index in [2.05, 4.69) is 20.7 Å². The van der Waals surface area contributed by atoms with Crippen molar-refractivity contribution >= 4 is 34.4 Å². The van der Waals surface area contributed by atoms with Gasteiger partial charge in [0.2, 0.25) is 0 Å². The Bertz CT molecular complexity index is 1420. The van der Waals surface area contributed by atoms with Crippen molar-refractivity contribution in [2.24, 2.45) is 5.11 Å². The summed E-state index contributed by atoms with van der Waals surface area (Å²) in [4.78, 5) is 39.9. The molecule has 4 rings (SSSR count). The Hall–Kier alpha value is -4.81. The van der Waals surface area contributed by atoms with Gasteiger partial charge in [0.1, 0.15) is 11.8 Å². The summed E-state index contributed by atoms with van der Waals surface area (Å²) in [6, 6.07) is 12.9. The van der Waals surface area contributed by atoms with E-state index in [1.54, 1.807) is 31.2 Å². The van der Waals surface area contributed by atoms with Crippen LogP contribution in [0.2, 0.25) is 0 Å². The third kappa shape index (κ3) is 4.71. The molecule has 0 fully saturated rings. The van der Waals surface area contributed by atoms with Crippen LogP contribution in [0.5, 0.6) is 0 Å². The summed E-state index contributed by atoms with van der Waals surface area (Å²) in [5.74, 6) is -1.53. The Morgan fingerprint density at radius 2 is 1.75 bits per heavy atom. The minimum absolute atomic E-state index is 0.0148. The number of hydrogen-bond donors (Lipinski definition) is 5. The number of carbonyl (C=O) groups excluding carboxylic acids is 2. The maximum absolute atomic E-state index is 13.1. The summed E-state index contributed by atoms with van der Waals surface area (Å²) in [5, 5.41) is 40.7. The molecule has 0 spiro atoms. The van der Waals surface area contributed by atoms with Gasteiger partial charge in [0.15, 0.2) is 0 Å². The van der Waals surface area contributed by atoms with Gasteiger partial charge in [-0.15, -0.1) is 5.11 Å². The predicted molar refractivity (Wildman–Crippen MR) is 128 cm³/mol. The molecule has 12 nitrogen and oxygen atoms in total. The number of aromatic nitrogens is 1. The van der Waals surface area contributed by atoms with Gasteiger partial charge in [0.05, 0.1) is 28.1 Å². The molecule has 2 heterocycles. The van der Waals surface area contributed by atoms with Crippen molar-refractivity contribution in [2.75, 3.05) is 10.6 Å². The zero-order valence-corrected chi connectivity index (χ0v) is 18.8. The number of nitro benzene ring substituents is 1. The van der Waals surface area contributed by atoms with E-state index >= 15 is 0 Å². The molecule has 1 aromatic heterocycles. The van der Waals surface area contributed by atoms with Gasteiger partial charge in [-0.1, -0.05) is 24.3 Å². The minimum atomic E-state index is -1.41. The van der Waals surface area contributed by atoms with E-state index < -0.39 is 28.9 Å². The van der Waals surface area contributed by atoms with Crippen molar-refractivity contribution in [1.82, 2.24) is 4.98 Å². The van der Waals surface area contributed by atoms with Crippen LogP contribution in [0.4, 0.5) is 17.1 Å². The first-order valence-electron chi connectivity index (χ1n) is 10.6. The highest BCUT2D eigenvalue weighted by Crippen LogP contribution is 2.38. The van der Waals surface area contributed by atoms with Gasteiger partial charge >= 0.3 is 0 Å². The summed E-state index contributed by atoms with van der Waals surface area (Å²) >= 11 is 0. The second-order valence-corrected chi connectivity index (χ2v) is 7.95. The number of hydrogen-bond acceptors (Lipinski definition) is 9. The van der Waals surface area contributed by atoms with E-state index in [0.29, 0.717) is 16.8 Å². The van der Waals surface area contributed by atoms with Crippen LogP contribution < -0.4 is 10.6 Å². The second-order valence-electron chi connectivity index (χ2n) is 7.95. The number of aliphatic hydroxyl groups excluding tert-OH is 2. The zero-order chi connectivity index (χ0) is 26.0. The van der Waals surface area contributed by atoms with Crippen molar-refractivity contribution in [3.63, 3.8) is 0 Å². The molecular formula is C24H20N6O6. The molecule has 0 aliphatic carbocycles. The average Bonchev–Trinajstić information content (AvgIpc) is 2.88. The first-order chi connectivity index (χ1) is 17.2. The lowest BCUT2D eigenvalue weighted by Crippen LogP contribution is -2.28. The lowest BCUT2D eigenvalue weighted by Gasteiger charge is -2.26. The van der Waals surface area contributed by atoms with Crippen molar-refractivity contribution in [2.45, 2.75) is 19.1 Å². The Labute approximate surface area is 204 Å². The fourth-order valence-corrected chi connectivity index (χ4v) is 3.73. The number of nitrogens with zero attached hydrogens (tertiary/aromatic N) is 3. The number of benzene rings is 2. The number of nitrogens with one attached hydrogen (secondary N) is 3. The van der Waals surface area contributed by atoms with E-state index in [-0.39, 0.29) is 33.9 Å². The number of non-ortho nitro benzene ring substituents is 1. The van der Waals surface area contributed by atoms with Crippen LogP contribution in [-0.4, -0.2) is 31.9 Å². The monoisotopic (exact) mass is 488 g/mol. The van der Waals surface area contributed by atoms with Gasteiger partial charge in [-0.2, -0.15) is 0 Å². The first-order valence-corrected chi connectivity index (χ1v) is 10.6. The van der Waals surface area contributed by atoms with Gasteiger partial charge in [-0.3, -0.25) is 24.7 Å². The molecule has 2 atom stereocenters. The molecule has 3 aromatic rings. The number of aliphatic hydroxyl groups is 2. The number of nitro groups is 1. The summed E-state index contributed by atoms with van der Waals surface area (Å²) in [7, 11) is 0. The predicted octanol–water partition coefficient (Wildman–Crippen LogP) is 3.72. The minimum Gasteiger partial charge on any atom is -0.389 e. The molecule has 2 unspecified atom stereocenters. The van der Waals surface area contributed by atoms with E-state index in [4.69, 9.17) is 5.53 Å². The largest absolute Gasteiger partial charge is 0.389 e. The number of fused-ring (bicyclic) bond motifs is 1. The van der Waals surface area contributed by atoms with Crippen LogP contribution in [0, 0.1) is 15.6 Å². The van der Waals surface area contributed by atoms with E-state index in [9.17, 15) is 29.9 Å². The van der Waals surface area contributed by atoms with Crippen LogP contribution >= 0.6 is 0 Å². The van der Waals surface area contributed by atoms with Gasteiger partial charge in [-0.25, -0.2) is 5.53 Å². The van der Waals surface area contributed by atoms with Gasteiger partial charge in [0, 0.05) is 29.5 Å². The molecule has 0 bridgehead atoms. The van der Waals surface area contributed by atoms with Gasteiger partial charge < -0.3 is 20.8 Å².